The Morgan fingerprint density at radius 1 is 1.00 bits per heavy atom. The van der Waals surface area contributed by atoms with Crippen LogP contribution in [0.5, 0.6) is 0 Å². The van der Waals surface area contributed by atoms with Gasteiger partial charge in [0.1, 0.15) is 0 Å². The summed E-state index contributed by atoms with van der Waals surface area (Å²) in [5, 5.41) is 3.74. The summed E-state index contributed by atoms with van der Waals surface area (Å²) in [6.45, 7) is 12.7. The van der Waals surface area contributed by atoms with Crippen molar-refractivity contribution >= 4 is 11.8 Å². The Labute approximate surface area is 120 Å². The highest BCUT2D eigenvalue weighted by molar-refractivity contribution is 7.98. The molecule has 0 fully saturated rings. The van der Waals surface area contributed by atoms with Gasteiger partial charge in [0.05, 0.1) is 0 Å². The van der Waals surface area contributed by atoms with Gasteiger partial charge in [-0.05, 0) is 63.9 Å². The molecule has 110 valence electrons. The van der Waals surface area contributed by atoms with Gasteiger partial charge in [-0.15, -0.1) is 0 Å². The van der Waals surface area contributed by atoms with E-state index in [2.05, 4.69) is 46.2 Å². The predicted octanol–water partition coefficient (Wildman–Crippen LogP) is 5.10. The Bertz CT molecular complexity index is 198. The van der Waals surface area contributed by atoms with Crippen LogP contribution in [0, 0.1) is 5.41 Å². The highest BCUT2D eigenvalue weighted by Gasteiger charge is 2.28. The Morgan fingerprint density at radius 2 is 1.61 bits per heavy atom. The molecule has 2 heteroatoms. The van der Waals surface area contributed by atoms with Crippen LogP contribution in [0.2, 0.25) is 0 Å². The molecule has 0 aromatic carbocycles. The Kier molecular flexibility index (Phi) is 9.41. The van der Waals surface area contributed by atoms with Gasteiger partial charge in [0.2, 0.25) is 0 Å². The van der Waals surface area contributed by atoms with Crippen LogP contribution in [0.1, 0.15) is 73.1 Å². The normalized spacial score (nSPS) is 15.7. The lowest BCUT2D eigenvalue weighted by Gasteiger charge is -2.36. The van der Waals surface area contributed by atoms with Crippen molar-refractivity contribution in [3.05, 3.63) is 0 Å². The maximum atomic E-state index is 3.74. The summed E-state index contributed by atoms with van der Waals surface area (Å²) >= 11 is 1.98. The molecule has 18 heavy (non-hydrogen) atoms. The zero-order valence-corrected chi connectivity index (χ0v) is 14.4. The molecule has 0 aromatic rings. The van der Waals surface area contributed by atoms with E-state index in [1.54, 1.807) is 0 Å². The SMILES string of the molecule is CCCCC(CC)(CCCSC)CNC(C)(C)C. The van der Waals surface area contributed by atoms with Crippen LogP contribution in [0.4, 0.5) is 0 Å². The summed E-state index contributed by atoms with van der Waals surface area (Å²) in [6, 6.07) is 0. The molecule has 0 amide bonds. The van der Waals surface area contributed by atoms with Crippen molar-refractivity contribution < 1.29 is 0 Å². The number of nitrogens with one attached hydrogen (secondary N) is 1. The van der Waals surface area contributed by atoms with Gasteiger partial charge >= 0.3 is 0 Å². The number of hydrogen-bond acceptors (Lipinski definition) is 2. The molecule has 0 aliphatic carbocycles. The monoisotopic (exact) mass is 273 g/mol. The minimum atomic E-state index is 0.242. The summed E-state index contributed by atoms with van der Waals surface area (Å²) in [6.07, 6.45) is 10.4. The quantitative estimate of drug-likeness (QED) is 0.555. The topological polar surface area (TPSA) is 12.0 Å². The molecule has 0 rings (SSSR count). The highest BCUT2D eigenvalue weighted by Crippen LogP contribution is 2.34. The van der Waals surface area contributed by atoms with Crippen molar-refractivity contribution in [1.29, 1.82) is 0 Å². The van der Waals surface area contributed by atoms with E-state index >= 15 is 0 Å². The smallest absolute Gasteiger partial charge is 0.00967 e. The lowest BCUT2D eigenvalue weighted by atomic mass is 9.76. The average molecular weight is 274 g/mol. The van der Waals surface area contributed by atoms with Crippen LogP contribution in [-0.2, 0) is 0 Å². The molecule has 1 unspecified atom stereocenters. The molecule has 0 saturated carbocycles. The first-order valence-corrected chi connectivity index (χ1v) is 9.02. The summed E-state index contributed by atoms with van der Waals surface area (Å²) in [7, 11) is 0. The van der Waals surface area contributed by atoms with Crippen LogP contribution < -0.4 is 5.32 Å². The third kappa shape index (κ3) is 8.42. The second-order valence-corrected chi connectivity index (χ2v) is 7.64. The maximum absolute atomic E-state index is 3.74. The van der Waals surface area contributed by atoms with Crippen molar-refractivity contribution in [2.24, 2.45) is 5.41 Å². The Morgan fingerprint density at radius 3 is 2.06 bits per heavy atom. The van der Waals surface area contributed by atoms with Crippen molar-refractivity contribution in [2.75, 3.05) is 18.6 Å². The first kappa shape index (κ1) is 18.3. The lowest BCUT2D eigenvalue weighted by molar-refractivity contribution is 0.190. The van der Waals surface area contributed by atoms with Crippen LogP contribution in [0.25, 0.3) is 0 Å². The number of thioether (sulfide) groups is 1. The molecule has 1 N–H and O–H groups in total. The summed E-state index contributed by atoms with van der Waals surface area (Å²) < 4.78 is 0. The van der Waals surface area contributed by atoms with Gasteiger partial charge in [-0.2, -0.15) is 11.8 Å². The van der Waals surface area contributed by atoms with Crippen LogP contribution in [-0.4, -0.2) is 24.1 Å². The number of unbranched alkanes of at least 4 members (excludes halogenated alkanes) is 1. The molecular weight excluding hydrogens is 238 g/mol. The van der Waals surface area contributed by atoms with Gasteiger partial charge in [-0.25, -0.2) is 0 Å². The van der Waals surface area contributed by atoms with E-state index in [0.717, 1.165) is 0 Å². The highest BCUT2D eigenvalue weighted by atomic mass is 32.2. The molecule has 0 spiro atoms. The maximum Gasteiger partial charge on any atom is 0.00967 e. The van der Waals surface area contributed by atoms with Gasteiger partial charge < -0.3 is 5.32 Å². The molecule has 1 atom stereocenters. The minimum Gasteiger partial charge on any atom is -0.312 e. The van der Waals surface area contributed by atoms with Crippen molar-refractivity contribution in [3.8, 4) is 0 Å². The van der Waals surface area contributed by atoms with Crippen LogP contribution in [0.3, 0.4) is 0 Å². The molecular formula is C16H35NS. The summed E-state index contributed by atoms with van der Waals surface area (Å²) in [4.78, 5) is 0. The van der Waals surface area contributed by atoms with E-state index in [1.165, 1.54) is 50.8 Å². The number of hydrogen-bond donors (Lipinski definition) is 1. The van der Waals surface area contributed by atoms with E-state index in [-0.39, 0.29) is 5.54 Å². The zero-order chi connectivity index (χ0) is 14.1. The van der Waals surface area contributed by atoms with Crippen molar-refractivity contribution in [2.45, 2.75) is 78.7 Å². The third-order valence-electron chi connectivity index (χ3n) is 3.86. The largest absolute Gasteiger partial charge is 0.312 e. The summed E-state index contributed by atoms with van der Waals surface area (Å²) in [5.74, 6) is 1.31. The average Bonchev–Trinajstić information content (AvgIpc) is 2.31. The van der Waals surface area contributed by atoms with Gasteiger partial charge in [0.25, 0.3) is 0 Å². The first-order chi connectivity index (χ1) is 8.39. The second-order valence-electron chi connectivity index (χ2n) is 6.66. The molecule has 0 aliphatic heterocycles. The van der Waals surface area contributed by atoms with E-state index in [1.807, 2.05) is 11.8 Å². The van der Waals surface area contributed by atoms with E-state index in [4.69, 9.17) is 0 Å². The Balaban J connectivity index is 4.43. The fraction of sp³-hybridized carbons (Fsp3) is 1.00. The van der Waals surface area contributed by atoms with Crippen LogP contribution >= 0.6 is 11.8 Å². The first-order valence-electron chi connectivity index (χ1n) is 7.63. The molecule has 0 heterocycles. The van der Waals surface area contributed by atoms with Gasteiger partial charge in [0, 0.05) is 12.1 Å². The molecule has 1 nitrogen and oxygen atoms in total. The number of rotatable bonds is 10. The van der Waals surface area contributed by atoms with E-state index < -0.39 is 0 Å². The standard InChI is InChI=1S/C16H35NS/c1-7-9-11-16(8-2,12-10-13-18-6)14-17-15(3,4)5/h17H,7-14H2,1-6H3. The minimum absolute atomic E-state index is 0.242. The predicted molar refractivity (Wildman–Crippen MR) is 87.6 cm³/mol. The van der Waals surface area contributed by atoms with Crippen LogP contribution in [0.15, 0.2) is 0 Å². The van der Waals surface area contributed by atoms with Crippen molar-refractivity contribution in [3.63, 3.8) is 0 Å². The van der Waals surface area contributed by atoms with E-state index in [0.29, 0.717) is 5.41 Å². The third-order valence-corrected chi connectivity index (χ3v) is 4.56. The molecule has 0 aromatic heterocycles. The van der Waals surface area contributed by atoms with Crippen molar-refractivity contribution in [1.82, 2.24) is 5.32 Å². The Hall–Kier alpha value is 0.310. The molecule has 0 bridgehead atoms. The molecule has 0 radical (unpaired) electrons. The van der Waals surface area contributed by atoms with Gasteiger partial charge in [-0.1, -0.05) is 26.7 Å². The summed E-state index contributed by atoms with van der Waals surface area (Å²) in [5.41, 5.74) is 0.769. The van der Waals surface area contributed by atoms with E-state index in [9.17, 15) is 0 Å². The molecule has 0 aliphatic rings. The lowest BCUT2D eigenvalue weighted by Crippen LogP contribution is -2.44. The zero-order valence-electron chi connectivity index (χ0n) is 13.6. The fourth-order valence-corrected chi connectivity index (χ4v) is 2.81. The second kappa shape index (κ2) is 9.25. The van der Waals surface area contributed by atoms with Gasteiger partial charge in [0.15, 0.2) is 0 Å². The van der Waals surface area contributed by atoms with Gasteiger partial charge in [-0.3, -0.25) is 0 Å². The fourth-order valence-electron chi connectivity index (χ4n) is 2.38. The molecule has 0 saturated heterocycles.